The molecule has 0 radical (unpaired) electrons. The Hall–Kier alpha value is -1.55. The maximum absolute atomic E-state index is 11.4. The van der Waals surface area contributed by atoms with Crippen LogP contribution in [0.2, 0.25) is 0 Å². The normalized spacial score (nSPS) is 23.0. The number of para-hydroxylation sites is 1. The van der Waals surface area contributed by atoms with Crippen LogP contribution in [0.4, 0.5) is 5.82 Å². The Morgan fingerprint density at radius 3 is 2.95 bits per heavy atom. The summed E-state index contributed by atoms with van der Waals surface area (Å²) in [5.41, 5.74) is 1.64. The summed E-state index contributed by atoms with van der Waals surface area (Å²) in [5, 5.41) is 1.57. The maximum atomic E-state index is 11.4. The van der Waals surface area contributed by atoms with Crippen LogP contribution in [0.25, 0.3) is 10.9 Å². The van der Waals surface area contributed by atoms with E-state index in [-0.39, 0.29) is 0 Å². The summed E-state index contributed by atoms with van der Waals surface area (Å²) < 4.78 is 0. The molecule has 1 aliphatic rings. The maximum Gasteiger partial charge on any atom is 0.153 e. The summed E-state index contributed by atoms with van der Waals surface area (Å²) in [6.07, 6.45) is 0.925. The van der Waals surface area contributed by atoms with Crippen LogP contribution in [0.3, 0.4) is 0 Å². The molecule has 4 heteroatoms. The second-order valence-electron chi connectivity index (χ2n) is 5.22. The Morgan fingerprint density at radius 1 is 1.35 bits per heavy atom. The van der Waals surface area contributed by atoms with Crippen molar-refractivity contribution < 1.29 is 4.79 Å². The van der Waals surface area contributed by atoms with E-state index < -0.39 is 0 Å². The average Bonchev–Trinajstić information content (AvgIpc) is 2.48. The molecule has 0 aliphatic carbocycles. The summed E-state index contributed by atoms with van der Waals surface area (Å²) in [6, 6.07) is 10.3. The van der Waals surface area contributed by atoms with Crippen LogP contribution in [0.15, 0.2) is 30.3 Å². The third-order valence-electron chi connectivity index (χ3n) is 4.02. The average molecular weight is 286 g/mol. The van der Waals surface area contributed by atoms with Gasteiger partial charge in [0, 0.05) is 29.0 Å². The van der Waals surface area contributed by atoms with Crippen molar-refractivity contribution in [3.8, 4) is 0 Å². The van der Waals surface area contributed by atoms with Crippen LogP contribution < -0.4 is 4.90 Å². The van der Waals surface area contributed by atoms with Crippen molar-refractivity contribution in [1.82, 2.24) is 4.98 Å². The molecule has 1 saturated heterocycles. The Labute approximate surface area is 123 Å². The predicted octanol–water partition coefficient (Wildman–Crippen LogP) is 3.38. The van der Waals surface area contributed by atoms with Crippen molar-refractivity contribution in [2.75, 3.05) is 17.2 Å². The second-order valence-corrected chi connectivity index (χ2v) is 6.71. The number of pyridine rings is 1. The Morgan fingerprint density at radius 2 is 2.15 bits per heavy atom. The van der Waals surface area contributed by atoms with Gasteiger partial charge in [0.15, 0.2) is 6.29 Å². The van der Waals surface area contributed by atoms with Gasteiger partial charge in [-0.2, -0.15) is 11.8 Å². The van der Waals surface area contributed by atoms with Gasteiger partial charge in [-0.05, 0) is 19.1 Å². The number of fused-ring (bicyclic) bond motifs is 1. The van der Waals surface area contributed by atoms with Crippen molar-refractivity contribution in [2.45, 2.75) is 25.1 Å². The van der Waals surface area contributed by atoms with Gasteiger partial charge in [-0.3, -0.25) is 4.79 Å². The summed E-state index contributed by atoms with van der Waals surface area (Å²) in [4.78, 5) is 18.4. The largest absolute Gasteiger partial charge is 0.351 e. The summed E-state index contributed by atoms with van der Waals surface area (Å²) in [7, 11) is 0. The third kappa shape index (κ3) is 2.29. The highest BCUT2D eigenvalue weighted by atomic mass is 32.2. The lowest BCUT2D eigenvalue weighted by Gasteiger charge is -2.39. The molecule has 1 aliphatic heterocycles. The fourth-order valence-corrected chi connectivity index (χ4v) is 3.77. The van der Waals surface area contributed by atoms with Gasteiger partial charge < -0.3 is 4.90 Å². The number of hydrogen-bond acceptors (Lipinski definition) is 4. The smallest absolute Gasteiger partial charge is 0.153 e. The van der Waals surface area contributed by atoms with Gasteiger partial charge in [0.1, 0.15) is 5.82 Å². The van der Waals surface area contributed by atoms with Crippen LogP contribution >= 0.6 is 11.8 Å². The van der Waals surface area contributed by atoms with E-state index in [1.54, 1.807) is 0 Å². The minimum absolute atomic E-state index is 0.390. The first-order chi connectivity index (χ1) is 9.70. The number of carbonyl (C=O) groups excluding carboxylic acids is 1. The lowest BCUT2D eigenvalue weighted by molar-refractivity contribution is 0.112. The number of hydrogen-bond donors (Lipinski definition) is 0. The van der Waals surface area contributed by atoms with Gasteiger partial charge in [-0.25, -0.2) is 4.98 Å². The number of anilines is 1. The van der Waals surface area contributed by atoms with Crippen molar-refractivity contribution in [3.63, 3.8) is 0 Å². The lowest BCUT2D eigenvalue weighted by atomic mass is 10.1. The first kappa shape index (κ1) is 13.4. The Bertz CT molecular complexity index is 643. The zero-order chi connectivity index (χ0) is 14.1. The first-order valence-corrected chi connectivity index (χ1v) is 7.99. The number of thioether (sulfide) groups is 1. The van der Waals surface area contributed by atoms with Crippen LogP contribution in [0.1, 0.15) is 24.2 Å². The molecule has 20 heavy (non-hydrogen) atoms. The van der Waals surface area contributed by atoms with Gasteiger partial charge in [0.2, 0.25) is 0 Å². The quantitative estimate of drug-likeness (QED) is 0.792. The Kier molecular flexibility index (Phi) is 3.66. The molecule has 2 aromatic rings. The van der Waals surface area contributed by atoms with Crippen LogP contribution in [-0.2, 0) is 0 Å². The van der Waals surface area contributed by atoms with E-state index in [1.165, 1.54) is 0 Å². The number of benzene rings is 1. The van der Waals surface area contributed by atoms with E-state index in [4.69, 9.17) is 4.98 Å². The first-order valence-electron chi connectivity index (χ1n) is 6.94. The van der Waals surface area contributed by atoms with Crippen molar-refractivity contribution in [3.05, 3.63) is 35.9 Å². The molecule has 0 N–H and O–H groups in total. The van der Waals surface area contributed by atoms with E-state index in [9.17, 15) is 4.79 Å². The topological polar surface area (TPSA) is 33.2 Å². The highest BCUT2D eigenvalue weighted by molar-refractivity contribution is 8.00. The predicted molar refractivity (Wildman–Crippen MR) is 85.9 cm³/mol. The van der Waals surface area contributed by atoms with E-state index >= 15 is 0 Å². The fraction of sp³-hybridized carbons (Fsp3) is 0.375. The minimum Gasteiger partial charge on any atom is -0.351 e. The molecule has 1 aromatic heterocycles. The molecular weight excluding hydrogens is 268 g/mol. The van der Waals surface area contributed by atoms with Gasteiger partial charge in [0.05, 0.1) is 11.1 Å². The van der Waals surface area contributed by atoms with Crippen LogP contribution in [0, 0.1) is 0 Å². The highest BCUT2D eigenvalue weighted by Crippen LogP contribution is 2.31. The molecule has 0 amide bonds. The van der Waals surface area contributed by atoms with Crippen LogP contribution in [0.5, 0.6) is 0 Å². The summed E-state index contributed by atoms with van der Waals surface area (Å²) in [6.45, 7) is 5.40. The number of rotatable bonds is 2. The molecule has 2 unspecified atom stereocenters. The number of aromatic nitrogens is 1. The number of carbonyl (C=O) groups is 1. The zero-order valence-corrected chi connectivity index (χ0v) is 12.6. The Balaban J connectivity index is 2.11. The summed E-state index contributed by atoms with van der Waals surface area (Å²) >= 11 is 1.98. The van der Waals surface area contributed by atoms with Gasteiger partial charge >= 0.3 is 0 Å². The van der Waals surface area contributed by atoms with E-state index in [1.807, 2.05) is 42.1 Å². The molecule has 2 heterocycles. The molecule has 1 fully saturated rings. The van der Waals surface area contributed by atoms with E-state index in [0.717, 1.165) is 35.3 Å². The van der Waals surface area contributed by atoms with Crippen molar-refractivity contribution >= 4 is 34.8 Å². The van der Waals surface area contributed by atoms with E-state index in [2.05, 4.69) is 18.7 Å². The van der Waals surface area contributed by atoms with E-state index in [0.29, 0.717) is 16.9 Å². The second kappa shape index (κ2) is 5.44. The molecule has 1 aromatic carbocycles. The fourth-order valence-electron chi connectivity index (χ4n) is 2.67. The molecule has 3 rings (SSSR count). The van der Waals surface area contributed by atoms with Crippen LogP contribution in [-0.4, -0.2) is 34.9 Å². The highest BCUT2D eigenvalue weighted by Gasteiger charge is 2.27. The van der Waals surface area contributed by atoms with Gasteiger partial charge in [0.25, 0.3) is 0 Å². The molecule has 0 spiro atoms. The zero-order valence-electron chi connectivity index (χ0n) is 11.7. The van der Waals surface area contributed by atoms with Crippen molar-refractivity contribution in [2.24, 2.45) is 0 Å². The van der Waals surface area contributed by atoms with Gasteiger partial charge in [-0.1, -0.05) is 25.1 Å². The molecule has 0 saturated carbocycles. The number of aldehydes is 1. The van der Waals surface area contributed by atoms with Gasteiger partial charge in [-0.15, -0.1) is 0 Å². The monoisotopic (exact) mass is 286 g/mol. The molecule has 2 atom stereocenters. The minimum atomic E-state index is 0.390. The van der Waals surface area contributed by atoms with Crippen molar-refractivity contribution in [1.29, 1.82) is 0 Å². The molecule has 0 bridgehead atoms. The molecule has 104 valence electrons. The SMILES string of the molecule is CC1SCCN(c2nc3ccccc3cc2C=O)C1C. The number of nitrogens with zero attached hydrogens (tertiary/aromatic N) is 2. The lowest BCUT2D eigenvalue weighted by Crippen LogP contribution is -2.45. The third-order valence-corrected chi connectivity index (χ3v) is 5.35. The molecule has 3 nitrogen and oxygen atoms in total. The molecular formula is C16H18N2OS. The summed E-state index contributed by atoms with van der Waals surface area (Å²) in [5.74, 6) is 1.91. The standard InChI is InChI=1S/C16H18N2OS/c1-11-12(2)20-8-7-18(11)16-14(10-19)9-13-5-3-4-6-15(13)17-16/h3-6,9-12H,7-8H2,1-2H3.